The summed E-state index contributed by atoms with van der Waals surface area (Å²) in [5, 5.41) is 19.2. The molecule has 1 unspecified atom stereocenters. The molecule has 2 heterocycles. The van der Waals surface area contributed by atoms with Gasteiger partial charge >= 0.3 is 0 Å². The number of nitrogens with one attached hydrogen (secondary N) is 1. The third-order valence-electron chi connectivity index (χ3n) is 3.81. The number of anilines is 1. The monoisotopic (exact) mass is 370 g/mol. The molecule has 0 bridgehead atoms. The van der Waals surface area contributed by atoms with Crippen LogP contribution in [0.4, 0.5) is 5.13 Å². The van der Waals surface area contributed by atoms with Gasteiger partial charge in [0.1, 0.15) is 0 Å². The van der Waals surface area contributed by atoms with E-state index in [1.807, 2.05) is 48.7 Å². The van der Waals surface area contributed by atoms with Crippen LogP contribution in [0.2, 0.25) is 5.02 Å². The lowest BCUT2D eigenvalue weighted by Crippen LogP contribution is -2.12. The zero-order valence-electron chi connectivity index (χ0n) is 13.1. The van der Waals surface area contributed by atoms with Crippen molar-refractivity contribution in [3.05, 3.63) is 71.4 Å². The second-order valence-electron chi connectivity index (χ2n) is 5.57. The Balaban J connectivity index is 1.45. The van der Waals surface area contributed by atoms with Crippen LogP contribution in [-0.4, -0.2) is 26.2 Å². The van der Waals surface area contributed by atoms with Crippen molar-refractivity contribution in [3.63, 3.8) is 0 Å². The fraction of sp³-hybridized carbons (Fsp3) is 0.111. The molecule has 0 saturated heterocycles. The largest absolute Gasteiger partial charge is 0.387 e. The van der Waals surface area contributed by atoms with Crippen LogP contribution in [0.3, 0.4) is 0 Å². The first-order chi connectivity index (χ1) is 12.2. The first-order valence-corrected chi connectivity index (χ1v) is 8.97. The van der Waals surface area contributed by atoms with Crippen molar-refractivity contribution in [2.45, 2.75) is 6.10 Å². The van der Waals surface area contributed by atoms with Crippen LogP contribution in [0.1, 0.15) is 11.7 Å². The Morgan fingerprint density at radius 3 is 2.60 bits per heavy atom. The van der Waals surface area contributed by atoms with Gasteiger partial charge in [-0.3, -0.25) is 0 Å². The standard InChI is InChI=1S/C18H15ClN4OS/c19-14-8-6-13(7-9-14)16(24)10-20-17-22-23-11-15(21-18(23)25-17)12-4-2-1-3-5-12/h1-9,11,16,24H,10H2,(H,20,22). The Kier molecular flexibility index (Phi) is 4.40. The number of aliphatic hydroxyl groups excluding tert-OH is 1. The minimum atomic E-state index is -0.631. The van der Waals surface area contributed by atoms with E-state index in [9.17, 15) is 5.11 Å². The molecule has 0 aliphatic rings. The number of nitrogens with zero attached hydrogens (tertiary/aromatic N) is 3. The van der Waals surface area contributed by atoms with Gasteiger partial charge in [-0.15, -0.1) is 5.10 Å². The summed E-state index contributed by atoms with van der Waals surface area (Å²) >= 11 is 7.31. The van der Waals surface area contributed by atoms with Crippen LogP contribution in [0.15, 0.2) is 60.8 Å². The molecule has 2 aromatic carbocycles. The van der Waals surface area contributed by atoms with Gasteiger partial charge in [0.25, 0.3) is 0 Å². The number of hydrogen-bond donors (Lipinski definition) is 2. The van der Waals surface area contributed by atoms with Gasteiger partial charge < -0.3 is 10.4 Å². The number of halogens is 1. The Labute approximate surface area is 153 Å². The Morgan fingerprint density at radius 1 is 1.12 bits per heavy atom. The third-order valence-corrected chi connectivity index (χ3v) is 4.95. The number of aliphatic hydroxyl groups is 1. The van der Waals surface area contributed by atoms with Crippen molar-refractivity contribution in [1.82, 2.24) is 14.6 Å². The van der Waals surface area contributed by atoms with E-state index in [4.69, 9.17) is 11.6 Å². The van der Waals surface area contributed by atoms with Crippen molar-refractivity contribution in [1.29, 1.82) is 0 Å². The molecule has 0 amide bonds. The van der Waals surface area contributed by atoms with Crippen LogP contribution in [-0.2, 0) is 0 Å². The Bertz CT molecular complexity index is 950. The average molecular weight is 371 g/mol. The van der Waals surface area contributed by atoms with Crippen LogP contribution >= 0.6 is 22.9 Å². The molecule has 0 aliphatic carbocycles. The SMILES string of the molecule is OC(CNc1nn2cc(-c3ccccc3)nc2s1)c1ccc(Cl)cc1. The highest BCUT2D eigenvalue weighted by Crippen LogP contribution is 2.25. The second-order valence-corrected chi connectivity index (χ2v) is 6.97. The van der Waals surface area contributed by atoms with Crippen LogP contribution < -0.4 is 5.32 Å². The minimum Gasteiger partial charge on any atom is -0.387 e. The van der Waals surface area contributed by atoms with Gasteiger partial charge in [0.2, 0.25) is 10.1 Å². The van der Waals surface area contributed by atoms with Crippen molar-refractivity contribution in [2.24, 2.45) is 0 Å². The van der Waals surface area contributed by atoms with Crippen molar-refractivity contribution >= 4 is 33.0 Å². The molecule has 1 atom stereocenters. The van der Waals surface area contributed by atoms with E-state index in [0.717, 1.165) is 26.9 Å². The number of aromatic nitrogens is 3. The number of imidazole rings is 1. The fourth-order valence-electron chi connectivity index (χ4n) is 2.51. The van der Waals surface area contributed by atoms with Gasteiger partial charge in [-0.1, -0.05) is 65.4 Å². The molecule has 2 aromatic heterocycles. The maximum Gasteiger partial charge on any atom is 0.214 e. The first kappa shape index (κ1) is 16.1. The smallest absolute Gasteiger partial charge is 0.214 e. The van der Waals surface area contributed by atoms with Crippen molar-refractivity contribution in [3.8, 4) is 11.3 Å². The molecular weight excluding hydrogens is 356 g/mol. The van der Waals surface area contributed by atoms with Crippen LogP contribution in [0, 0.1) is 0 Å². The molecule has 126 valence electrons. The molecule has 4 aromatic rings. The lowest BCUT2D eigenvalue weighted by molar-refractivity contribution is 0.191. The van der Waals surface area contributed by atoms with Gasteiger partial charge in [0.15, 0.2) is 0 Å². The first-order valence-electron chi connectivity index (χ1n) is 7.78. The minimum absolute atomic E-state index is 0.365. The molecule has 0 spiro atoms. The predicted molar refractivity (Wildman–Crippen MR) is 101 cm³/mol. The zero-order valence-corrected chi connectivity index (χ0v) is 14.7. The fourth-order valence-corrected chi connectivity index (χ4v) is 3.42. The molecule has 7 heteroatoms. The summed E-state index contributed by atoms with van der Waals surface area (Å²) in [6.45, 7) is 0.365. The molecule has 0 radical (unpaired) electrons. The molecule has 5 nitrogen and oxygen atoms in total. The number of hydrogen-bond acceptors (Lipinski definition) is 5. The van der Waals surface area contributed by atoms with Gasteiger partial charge in [-0.25, -0.2) is 9.50 Å². The van der Waals surface area contributed by atoms with Crippen molar-refractivity contribution < 1.29 is 5.11 Å². The molecule has 25 heavy (non-hydrogen) atoms. The van der Waals surface area contributed by atoms with Gasteiger partial charge in [-0.2, -0.15) is 0 Å². The third kappa shape index (κ3) is 3.51. The van der Waals surface area contributed by atoms with E-state index in [-0.39, 0.29) is 0 Å². The van der Waals surface area contributed by atoms with E-state index in [1.165, 1.54) is 11.3 Å². The van der Waals surface area contributed by atoms with Gasteiger partial charge in [-0.05, 0) is 17.7 Å². The average Bonchev–Trinajstić information content (AvgIpc) is 3.20. The predicted octanol–water partition coefficient (Wildman–Crippen LogP) is 4.26. The summed E-state index contributed by atoms with van der Waals surface area (Å²) in [5.74, 6) is 0. The van der Waals surface area contributed by atoms with E-state index in [2.05, 4.69) is 15.4 Å². The van der Waals surface area contributed by atoms with E-state index >= 15 is 0 Å². The number of fused-ring (bicyclic) bond motifs is 1. The summed E-state index contributed by atoms with van der Waals surface area (Å²) in [7, 11) is 0. The Hall–Kier alpha value is -2.41. The summed E-state index contributed by atoms with van der Waals surface area (Å²) in [6, 6.07) is 17.2. The van der Waals surface area contributed by atoms with E-state index in [0.29, 0.717) is 11.6 Å². The molecule has 4 rings (SSSR count). The number of benzene rings is 2. The van der Waals surface area contributed by atoms with Crippen molar-refractivity contribution in [2.75, 3.05) is 11.9 Å². The summed E-state index contributed by atoms with van der Waals surface area (Å²) in [5.41, 5.74) is 2.77. The second kappa shape index (κ2) is 6.84. The molecule has 2 N–H and O–H groups in total. The lowest BCUT2D eigenvalue weighted by Gasteiger charge is -2.11. The normalized spacial score (nSPS) is 12.4. The molecule has 0 saturated carbocycles. The van der Waals surface area contributed by atoms with Gasteiger partial charge in [0, 0.05) is 17.1 Å². The Morgan fingerprint density at radius 2 is 1.88 bits per heavy atom. The quantitative estimate of drug-likeness (QED) is 0.551. The highest BCUT2D eigenvalue weighted by atomic mass is 35.5. The zero-order chi connectivity index (χ0) is 17.2. The molecular formula is C18H15ClN4OS. The highest BCUT2D eigenvalue weighted by Gasteiger charge is 2.12. The van der Waals surface area contributed by atoms with Crippen LogP contribution in [0.25, 0.3) is 16.2 Å². The maximum atomic E-state index is 10.2. The topological polar surface area (TPSA) is 62.5 Å². The summed E-state index contributed by atoms with van der Waals surface area (Å²) in [4.78, 5) is 5.41. The van der Waals surface area contributed by atoms with Crippen LogP contribution in [0.5, 0.6) is 0 Å². The summed E-state index contributed by atoms with van der Waals surface area (Å²) in [6.07, 6.45) is 1.27. The van der Waals surface area contributed by atoms with E-state index < -0.39 is 6.10 Å². The van der Waals surface area contributed by atoms with Gasteiger partial charge in [0.05, 0.1) is 18.0 Å². The maximum absolute atomic E-state index is 10.2. The molecule has 0 fully saturated rings. The number of rotatable bonds is 5. The lowest BCUT2D eigenvalue weighted by atomic mass is 10.1. The van der Waals surface area contributed by atoms with E-state index in [1.54, 1.807) is 16.6 Å². The molecule has 0 aliphatic heterocycles. The summed E-state index contributed by atoms with van der Waals surface area (Å²) < 4.78 is 1.75. The highest BCUT2D eigenvalue weighted by molar-refractivity contribution is 7.20.